The minimum absolute atomic E-state index is 0.0126. The van der Waals surface area contributed by atoms with Gasteiger partial charge in [-0.25, -0.2) is 0 Å². The van der Waals surface area contributed by atoms with E-state index in [9.17, 15) is 18.0 Å². The zero-order valence-corrected chi connectivity index (χ0v) is 14.0. The summed E-state index contributed by atoms with van der Waals surface area (Å²) < 4.78 is 42.5. The number of H-pyrrole nitrogens is 1. The number of carbonyl (C=O) groups excluding carboxylic acids is 1. The standard InChI is InChI=1S/C17H18F3N3O2/c1-9-6-16(2,3)14-12(25-17(18,19)20)5-4-11(13(9)14)23-15(24)10-7-21-22-8-10/h4-5,7-9H,6H2,1-3H3,(H,21,22)(H,23,24). The number of hydrogen-bond donors (Lipinski definition) is 2. The smallest absolute Gasteiger partial charge is 0.405 e. The first-order chi connectivity index (χ1) is 11.6. The Morgan fingerprint density at radius 2 is 2.12 bits per heavy atom. The number of aromatic nitrogens is 2. The third-order valence-corrected chi connectivity index (χ3v) is 4.43. The highest BCUT2D eigenvalue weighted by molar-refractivity contribution is 6.04. The molecule has 0 aliphatic heterocycles. The van der Waals surface area contributed by atoms with Crippen molar-refractivity contribution in [3.63, 3.8) is 0 Å². The predicted molar refractivity (Wildman–Crippen MR) is 85.7 cm³/mol. The van der Waals surface area contributed by atoms with Gasteiger partial charge in [-0.15, -0.1) is 13.2 Å². The van der Waals surface area contributed by atoms with Crippen molar-refractivity contribution in [3.8, 4) is 5.75 Å². The average molecular weight is 353 g/mol. The SMILES string of the molecule is CC1CC(C)(C)c2c(OC(F)(F)F)ccc(NC(=O)c3cn[nH]c3)c21. The summed E-state index contributed by atoms with van der Waals surface area (Å²) in [7, 11) is 0. The van der Waals surface area contributed by atoms with Crippen molar-refractivity contribution in [2.24, 2.45) is 0 Å². The van der Waals surface area contributed by atoms with E-state index in [0.29, 0.717) is 28.8 Å². The molecule has 1 aliphatic rings. The van der Waals surface area contributed by atoms with Gasteiger partial charge in [0.05, 0.1) is 11.8 Å². The van der Waals surface area contributed by atoms with Crippen molar-refractivity contribution in [1.82, 2.24) is 10.2 Å². The molecule has 0 spiro atoms. The molecule has 0 radical (unpaired) electrons. The number of alkyl halides is 3. The van der Waals surface area contributed by atoms with E-state index in [4.69, 9.17) is 0 Å². The molecule has 0 saturated heterocycles. The molecule has 1 atom stereocenters. The Bertz CT molecular complexity index is 798. The van der Waals surface area contributed by atoms with Crippen molar-refractivity contribution in [1.29, 1.82) is 0 Å². The van der Waals surface area contributed by atoms with Crippen LogP contribution in [0.1, 0.15) is 54.6 Å². The van der Waals surface area contributed by atoms with Crippen molar-refractivity contribution in [2.45, 2.75) is 44.9 Å². The van der Waals surface area contributed by atoms with E-state index in [0.717, 1.165) is 0 Å². The maximum Gasteiger partial charge on any atom is 0.573 e. The van der Waals surface area contributed by atoms with Gasteiger partial charge < -0.3 is 10.1 Å². The van der Waals surface area contributed by atoms with Crippen LogP contribution in [-0.2, 0) is 5.41 Å². The number of aromatic amines is 1. The molecule has 1 aromatic carbocycles. The summed E-state index contributed by atoms with van der Waals surface area (Å²) in [6.07, 6.45) is -1.28. The molecular weight excluding hydrogens is 335 g/mol. The lowest BCUT2D eigenvalue weighted by molar-refractivity contribution is -0.275. The van der Waals surface area contributed by atoms with Crippen molar-refractivity contribution >= 4 is 11.6 Å². The summed E-state index contributed by atoms with van der Waals surface area (Å²) in [6, 6.07) is 2.72. The summed E-state index contributed by atoms with van der Waals surface area (Å²) >= 11 is 0. The Hall–Kier alpha value is -2.51. The molecule has 3 rings (SSSR count). The number of anilines is 1. The summed E-state index contributed by atoms with van der Waals surface area (Å²) in [5.41, 5.74) is 1.51. The first-order valence-corrected chi connectivity index (χ1v) is 7.82. The number of ether oxygens (including phenoxy) is 1. The lowest BCUT2D eigenvalue weighted by Crippen LogP contribution is -2.22. The zero-order chi connectivity index (χ0) is 18.4. The molecule has 1 aliphatic carbocycles. The largest absolute Gasteiger partial charge is 0.573 e. The molecule has 0 saturated carbocycles. The molecule has 1 aromatic heterocycles. The van der Waals surface area contributed by atoms with E-state index in [1.807, 2.05) is 20.8 Å². The maximum atomic E-state index is 12.8. The number of nitrogens with one attached hydrogen (secondary N) is 2. The first kappa shape index (κ1) is 17.3. The molecule has 1 amide bonds. The summed E-state index contributed by atoms with van der Waals surface area (Å²) in [4.78, 5) is 12.3. The lowest BCUT2D eigenvalue weighted by Gasteiger charge is -2.23. The second-order valence-corrected chi connectivity index (χ2v) is 6.88. The number of halogens is 3. The summed E-state index contributed by atoms with van der Waals surface area (Å²) in [5, 5.41) is 9.04. The number of amides is 1. The first-order valence-electron chi connectivity index (χ1n) is 7.82. The van der Waals surface area contributed by atoms with Crippen LogP contribution in [0.3, 0.4) is 0 Å². The molecule has 5 nitrogen and oxygen atoms in total. The van der Waals surface area contributed by atoms with Gasteiger partial charge in [-0.2, -0.15) is 5.10 Å². The molecular formula is C17H18F3N3O2. The molecule has 8 heteroatoms. The van der Waals surface area contributed by atoms with Crippen LogP contribution in [0.25, 0.3) is 0 Å². The van der Waals surface area contributed by atoms with Crippen LogP contribution in [0.2, 0.25) is 0 Å². The molecule has 1 unspecified atom stereocenters. The van der Waals surface area contributed by atoms with Gasteiger partial charge in [-0.05, 0) is 35.4 Å². The molecule has 2 aromatic rings. The normalized spacial score (nSPS) is 18.7. The number of rotatable bonds is 3. The van der Waals surface area contributed by atoms with Crippen LogP contribution in [0.5, 0.6) is 5.75 Å². The molecule has 2 N–H and O–H groups in total. The Kier molecular flexibility index (Phi) is 4.01. The van der Waals surface area contributed by atoms with Crippen LogP contribution in [0, 0.1) is 0 Å². The zero-order valence-electron chi connectivity index (χ0n) is 14.0. The quantitative estimate of drug-likeness (QED) is 0.862. The van der Waals surface area contributed by atoms with Gasteiger partial charge in [0.2, 0.25) is 0 Å². The second kappa shape index (κ2) is 5.79. The van der Waals surface area contributed by atoms with Crippen molar-refractivity contribution in [2.75, 3.05) is 5.32 Å². The molecule has 0 fully saturated rings. The Morgan fingerprint density at radius 3 is 2.72 bits per heavy atom. The third kappa shape index (κ3) is 3.33. The van der Waals surface area contributed by atoms with Gasteiger partial charge in [0, 0.05) is 17.4 Å². The van der Waals surface area contributed by atoms with Gasteiger partial charge >= 0.3 is 6.36 Å². The Balaban J connectivity index is 2.04. The number of benzene rings is 1. The molecule has 0 bridgehead atoms. The van der Waals surface area contributed by atoms with Crippen LogP contribution < -0.4 is 10.1 Å². The van der Waals surface area contributed by atoms with E-state index >= 15 is 0 Å². The van der Waals surface area contributed by atoms with Crippen molar-refractivity contribution < 1.29 is 22.7 Å². The molecule has 25 heavy (non-hydrogen) atoms. The number of hydrogen-bond acceptors (Lipinski definition) is 3. The minimum atomic E-state index is -4.77. The molecule has 1 heterocycles. The Labute approximate surface area is 142 Å². The van der Waals surface area contributed by atoms with E-state index < -0.39 is 11.8 Å². The van der Waals surface area contributed by atoms with Crippen LogP contribution in [0.4, 0.5) is 18.9 Å². The van der Waals surface area contributed by atoms with Gasteiger partial charge in [-0.1, -0.05) is 20.8 Å². The van der Waals surface area contributed by atoms with Crippen LogP contribution >= 0.6 is 0 Å². The number of carbonyl (C=O) groups is 1. The topological polar surface area (TPSA) is 67.0 Å². The maximum absolute atomic E-state index is 12.8. The second-order valence-electron chi connectivity index (χ2n) is 6.88. The highest BCUT2D eigenvalue weighted by Crippen LogP contribution is 2.53. The third-order valence-electron chi connectivity index (χ3n) is 4.43. The van der Waals surface area contributed by atoms with E-state index in [1.165, 1.54) is 24.5 Å². The fraction of sp³-hybridized carbons (Fsp3) is 0.412. The fourth-order valence-electron chi connectivity index (χ4n) is 3.67. The fourth-order valence-corrected chi connectivity index (χ4v) is 3.67. The highest BCUT2D eigenvalue weighted by atomic mass is 19.4. The van der Waals surface area contributed by atoms with Gasteiger partial charge in [0.25, 0.3) is 5.91 Å². The lowest BCUT2D eigenvalue weighted by atomic mass is 9.85. The average Bonchev–Trinajstić information content (AvgIpc) is 3.07. The van der Waals surface area contributed by atoms with Crippen LogP contribution in [0.15, 0.2) is 24.5 Å². The van der Waals surface area contributed by atoms with Crippen LogP contribution in [-0.4, -0.2) is 22.5 Å². The van der Waals surface area contributed by atoms with Gasteiger partial charge in [-0.3, -0.25) is 9.89 Å². The molecule has 134 valence electrons. The summed E-state index contributed by atoms with van der Waals surface area (Å²) in [5.74, 6) is -0.600. The van der Waals surface area contributed by atoms with Gasteiger partial charge in [0.15, 0.2) is 0 Å². The van der Waals surface area contributed by atoms with Crippen molar-refractivity contribution in [3.05, 3.63) is 41.2 Å². The number of nitrogens with zero attached hydrogens (tertiary/aromatic N) is 1. The van der Waals surface area contributed by atoms with Gasteiger partial charge in [0.1, 0.15) is 5.75 Å². The minimum Gasteiger partial charge on any atom is -0.405 e. The van der Waals surface area contributed by atoms with E-state index in [-0.39, 0.29) is 17.6 Å². The van der Waals surface area contributed by atoms with E-state index in [1.54, 1.807) is 0 Å². The Morgan fingerprint density at radius 1 is 1.40 bits per heavy atom. The highest BCUT2D eigenvalue weighted by Gasteiger charge is 2.42. The number of fused-ring (bicyclic) bond motifs is 1. The van der Waals surface area contributed by atoms with E-state index in [2.05, 4.69) is 20.3 Å². The predicted octanol–water partition coefficient (Wildman–Crippen LogP) is 4.35. The summed E-state index contributed by atoms with van der Waals surface area (Å²) in [6.45, 7) is 5.68. The monoisotopic (exact) mass is 353 g/mol.